The number of benzene rings is 2. The minimum atomic E-state index is 0.591. The fourth-order valence-corrected chi connectivity index (χ4v) is 3.66. The maximum absolute atomic E-state index is 9.74. The number of imidazole rings is 1. The van der Waals surface area contributed by atoms with Gasteiger partial charge in [-0.2, -0.15) is 10.4 Å². The first-order valence-electron chi connectivity index (χ1n) is 9.02. The topological polar surface area (TPSA) is 65.5 Å². The summed E-state index contributed by atoms with van der Waals surface area (Å²) in [5.74, 6) is 0.811. The fourth-order valence-electron chi connectivity index (χ4n) is 3.48. The van der Waals surface area contributed by atoms with Gasteiger partial charge in [0.2, 0.25) is 0 Å². The lowest BCUT2D eigenvalue weighted by Gasteiger charge is -2.15. The lowest BCUT2D eigenvalue weighted by atomic mass is 10.0. The molecule has 0 saturated carbocycles. The van der Waals surface area contributed by atoms with Crippen molar-refractivity contribution in [1.82, 2.24) is 9.38 Å². The number of nitrogens with one attached hydrogen (secondary N) is 1. The maximum atomic E-state index is 9.74. The number of aromatic nitrogens is 2. The predicted molar refractivity (Wildman–Crippen MR) is 114 cm³/mol. The predicted octanol–water partition coefficient (Wildman–Crippen LogP) is 5.33. The first-order chi connectivity index (χ1) is 13.7. The van der Waals surface area contributed by atoms with Gasteiger partial charge in [-0.1, -0.05) is 48.9 Å². The molecule has 0 saturated heterocycles. The molecule has 1 N–H and O–H groups in total. The number of nitriles is 1. The Morgan fingerprint density at radius 3 is 2.71 bits per heavy atom. The Morgan fingerprint density at radius 1 is 1.21 bits per heavy atom. The van der Waals surface area contributed by atoms with Gasteiger partial charge in [-0.05, 0) is 42.7 Å². The van der Waals surface area contributed by atoms with Crippen molar-refractivity contribution in [3.63, 3.8) is 0 Å². The second-order valence-electron chi connectivity index (χ2n) is 6.44. The van der Waals surface area contributed by atoms with Crippen molar-refractivity contribution in [2.24, 2.45) is 5.10 Å². The zero-order valence-electron chi connectivity index (χ0n) is 15.6. The van der Waals surface area contributed by atoms with Gasteiger partial charge in [0.15, 0.2) is 5.65 Å². The number of fused-ring (bicyclic) bond motifs is 3. The van der Waals surface area contributed by atoms with E-state index in [1.807, 2.05) is 59.9 Å². The summed E-state index contributed by atoms with van der Waals surface area (Å²) in [6.07, 6.45) is 2.45. The van der Waals surface area contributed by atoms with Crippen LogP contribution in [0.5, 0.6) is 0 Å². The average Bonchev–Trinajstić information content (AvgIpc) is 3.08. The van der Waals surface area contributed by atoms with Crippen LogP contribution in [0.15, 0.2) is 53.6 Å². The zero-order chi connectivity index (χ0) is 19.7. The highest BCUT2D eigenvalue weighted by atomic mass is 35.5. The molecule has 2 aromatic carbocycles. The molecule has 2 heterocycles. The molecule has 138 valence electrons. The number of rotatable bonds is 4. The number of hydrogen-bond donors (Lipinski definition) is 1. The zero-order valence-corrected chi connectivity index (χ0v) is 16.3. The molecular formula is C22H18ClN5. The third-order valence-electron chi connectivity index (χ3n) is 4.87. The van der Waals surface area contributed by atoms with Gasteiger partial charge >= 0.3 is 0 Å². The molecule has 0 unspecified atom stereocenters. The molecular weight excluding hydrogens is 370 g/mol. The molecule has 0 amide bonds. The number of halogens is 1. The van der Waals surface area contributed by atoms with E-state index >= 15 is 0 Å². The Bertz CT molecular complexity index is 1260. The summed E-state index contributed by atoms with van der Waals surface area (Å²) in [5.41, 5.74) is 8.95. The molecule has 0 atom stereocenters. The van der Waals surface area contributed by atoms with Gasteiger partial charge in [-0.25, -0.2) is 4.98 Å². The third-order valence-corrected chi connectivity index (χ3v) is 5.21. The van der Waals surface area contributed by atoms with Gasteiger partial charge < -0.3 is 0 Å². The van der Waals surface area contributed by atoms with Crippen molar-refractivity contribution in [3.8, 4) is 6.07 Å². The molecule has 0 bridgehead atoms. The first-order valence-corrected chi connectivity index (χ1v) is 9.39. The Balaban J connectivity index is 1.94. The van der Waals surface area contributed by atoms with E-state index in [4.69, 9.17) is 16.6 Å². The van der Waals surface area contributed by atoms with Crippen molar-refractivity contribution in [3.05, 3.63) is 75.8 Å². The largest absolute Gasteiger partial charge is 0.276 e. The van der Waals surface area contributed by atoms with Crippen LogP contribution in [0.3, 0.4) is 0 Å². The molecule has 6 heteroatoms. The van der Waals surface area contributed by atoms with Crippen LogP contribution in [0, 0.1) is 18.3 Å². The number of anilines is 1. The van der Waals surface area contributed by atoms with Crippen LogP contribution < -0.4 is 5.43 Å². The normalized spacial score (nSPS) is 11.4. The van der Waals surface area contributed by atoms with Gasteiger partial charge in [0.05, 0.1) is 22.8 Å². The smallest absolute Gasteiger partial charge is 0.157 e. The molecule has 4 aromatic rings. The Morgan fingerprint density at radius 2 is 1.96 bits per heavy atom. The van der Waals surface area contributed by atoms with Crippen LogP contribution in [0.4, 0.5) is 5.82 Å². The molecule has 0 fully saturated rings. The van der Waals surface area contributed by atoms with Crippen molar-refractivity contribution >= 4 is 40.3 Å². The summed E-state index contributed by atoms with van der Waals surface area (Å²) in [5, 5.41) is 14.8. The maximum Gasteiger partial charge on any atom is 0.157 e. The molecule has 0 radical (unpaired) electrons. The summed E-state index contributed by atoms with van der Waals surface area (Å²) in [6, 6.07) is 17.7. The minimum Gasteiger partial charge on any atom is -0.276 e. The van der Waals surface area contributed by atoms with Crippen molar-refractivity contribution in [2.75, 3.05) is 5.43 Å². The van der Waals surface area contributed by atoms with Gasteiger partial charge in [0.1, 0.15) is 11.9 Å². The molecule has 28 heavy (non-hydrogen) atoms. The Kier molecular flexibility index (Phi) is 4.72. The van der Waals surface area contributed by atoms with Gasteiger partial charge in [0, 0.05) is 10.6 Å². The van der Waals surface area contributed by atoms with Crippen LogP contribution in [-0.2, 0) is 6.42 Å². The molecule has 5 nitrogen and oxygen atoms in total. The van der Waals surface area contributed by atoms with Gasteiger partial charge in [0.25, 0.3) is 0 Å². The Hall–Kier alpha value is -3.36. The fraction of sp³-hybridized carbons (Fsp3) is 0.136. The average molecular weight is 388 g/mol. The summed E-state index contributed by atoms with van der Waals surface area (Å²) in [4.78, 5) is 4.69. The van der Waals surface area contributed by atoms with Gasteiger partial charge in [-0.15, -0.1) is 0 Å². The number of hydrazone groups is 1. The summed E-state index contributed by atoms with van der Waals surface area (Å²) in [6.45, 7) is 4.02. The summed E-state index contributed by atoms with van der Waals surface area (Å²) < 4.78 is 1.98. The standard InChI is InChI=1S/C22H18ClN5/c1-3-16-14(2)17(12-24)21-26-19-10-6-7-11-20(19)28(21)22(16)27-25-13-15-8-4-5-9-18(15)23/h4-11,13,27H,3H2,1-2H3. The van der Waals surface area contributed by atoms with E-state index in [1.165, 1.54) is 0 Å². The number of nitrogens with zero attached hydrogens (tertiary/aromatic N) is 4. The van der Waals surface area contributed by atoms with E-state index < -0.39 is 0 Å². The molecule has 4 rings (SSSR count). The number of para-hydroxylation sites is 2. The van der Waals surface area contributed by atoms with Crippen LogP contribution in [0.2, 0.25) is 5.02 Å². The van der Waals surface area contributed by atoms with Crippen LogP contribution in [-0.4, -0.2) is 15.6 Å². The lowest BCUT2D eigenvalue weighted by Crippen LogP contribution is -2.07. The highest BCUT2D eigenvalue weighted by Crippen LogP contribution is 2.31. The molecule has 0 spiro atoms. The quantitative estimate of drug-likeness (QED) is 0.380. The van der Waals surface area contributed by atoms with Crippen molar-refractivity contribution in [2.45, 2.75) is 20.3 Å². The van der Waals surface area contributed by atoms with E-state index in [1.54, 1.807) is 6.21 Å². The van der Waals surface area contributed by atoms with E-state index in [0.29, 0.717) is 16.2 Å². The molecule has 0 aliphatic rings. The van der Waals surface area contributed by atoms with Crippen molar-refractivity contribution in [1.29, 1.82) is 5.26 Å². The second-order valence-corrected chi connectivity index (χ2v) is 6.85. The molecule has 2 aromatic heterocycles. The highest BCUT2D eigenvalue weighted by Gasteiger charge is 2.19. The van der Waals surface area contributed by atoms with E-state index in [0.717, 1.165) is 40.0 Å². The second kappa shape index (κ2) is 7.34. The Labute approximate surface area is 167 Å². The summed E-state index contributed by atoms with van der Waals surface area (Å²) >= 11 is 6.21. The van der Waals surface area contributed by atoms with Crippen LogP contribution in [0.1, 0.15) is 29.2 Å². The molecule has 0 aliphatic carbocycles. The van der Waals surface area contributed by atoms with E-state index in [2.05, 4.69) is 23.5 Å². The number of hydrogen-bond acceptors (Lipinski definition) is 4. The third kappa shape index (κ3) is 2.88. The minimum absolute atomic E-state index is 0.591. The highest BCUT2D eigenvalue weighted by molar-refractivity contribution is 6.33. The SMILES string of the molecule is CCc1c(C)c(C#N)c2nc3ccccc3n2c1NN=Cc1ccccc1Cl. The van der Waals surface area contributed by atoms with Crippen LogP contribution in [0.25, 0.3) is 16.7 Å². The van der Waals surface area contributed by atoms with Crippen molar-refractivity contribution < 1.29 is 0 Å². The monoisotopic (exact) mass is 387 g/mol. The first kappa shape index (κ1) is 18.0. The number of pyridine rings is 1. The molecule has 0 aliphatic heterocycles. The van der Waals surface area contributed by atoms with E-state index in [-0.39, 0.29) is 0 Å². The van der Waals surface area contributed by atoms with Gasteiger partial charge in [-0.3, -0.25) is 9.83 Å². The van der Waals surface area contributed by atoms with E-state index in [9.17, 15) is 5.26 Å². The summed E-state index contributed by atoms with van der Waals surface area (Å²) in [7, 11) is 0. The van der Waals surface area contributed by atoms with Crippen LogP contribution >= 0.6 is 11.6 Å². The lowest BCUT2D eigenvalue weighted by molar-refractivity contribution is 1.04.